The van der Waals surface area contributed by atoms with E-state index in [-0.39, 0.29) is 18.4 Å². The minimum absolute atomic E-state index is 0.0891. The van der Waals surface area contributed by atoms with Crippen LogP contribution >= 0.6 is 0 Å². The summed E-state index contributed by atoms with van der Waals surface area (Å²) in [5.74, 6) is 6.93. The van der Waals surface area contributed by atoms with Crippen molar-refractivity contribution in [3.8, 4) is 0 Å². The molecule has 5 heteroatoms. The second kappa shape index (κ2) is 6.05. The van der Waals surface area contributed by atoms with Gasteiger partial charge in [0, 0.05) is 12.5 Å². The lowest BCUT2D eigenvalue weighted by Crippen LogP contribution is -2.43. The van der Waals surface area contributed by atoms with E-state index >= 15 is 0 Å². The summed E-state index contributed by atoms with van der Waals surface area (Å²) in [7, 11) is 0. The van der Waals surface area contributed by atoms with Gasteiger partial charge in [0.1, 0.15) is 0 Å². The summed E-state index contributed by atoms with van der Waals surface area (Å²) in [5, 5.41) is 0. The third kappa shape index (κ3) is 4.84. The van der Waals surface area contributed by atoms with Crippen molar-refractivity contribution in [3.05, 3.63) is 0 Å². The first kappa shape index (κ1) is 14.8. The third-order valence-electron chi connectivity index (χ3n) is 4.16. The van der Waals surface area contributed by atoms with Crippen LogP contribution in [0.2, 0.25) is 0 Å². The summed E-state index contributed by atoms with van der Waals surface area (Å²) >= 11 is 0. The molecule has 4 atom stereocenters. The molecule has 0 radical (unpaired) electrons. The van der Waals surface area contributed by atoms with Gasteiger partial charge in [0.15, 0.2) is 0 Å². The molecule has 17 heavy (non-hydrogen) atoms. The molecule has 0 amide bonds. The molecule has 2 nitrogen and oxygen atoms in total. The molecule has 0 aromatic rings. The summed E-state index contributed by atoms with van der Waals surface area (Å²) in [5.41, 5.74) is 2.58. The van der Waals surface area contributed by atoms with Gasteiger partial charge in [-0.25, -0.2) is 0 Å². The largest absolute Gasteiger partial charge is 0.389 e. The van der Waals surface area contributed by atoms with Crippen molar-refractivity contribution in [3.63, 3.8) is 0 Å². The van der Waals surface area contributed by atoms with Gasteiger partial charge in [-0.1, -0.05) is 20.3 Å². The highest BCUT2D eigenvalue weighted by Gasteiger charge is 2.33. The van der Waals surface area contributed by atoms with E-state index < -0.39 is 12.6 Å². The number of hydrazine groups is 1. The van der Waals surface area contributed by atoms with Gasteiger partial charge in [-0.2, -0.15) is 13.2 Å². The number of hydrogen-bond acceptors (Lipinski definition) is 2. The molecule has 0 aromatic heterocycles. The van der Waals surface area contributed by atoms with E-state index in [1.807, 2.05) is 0 Å². The van der Waals surface area contributed by atoms with Crippen molar-refractivity contribution in [1.29, 1.82) is 0 Å². The fraction of sp³-hybridized carbons (Fsp3) is 1.00. The highest BCUT2D eigenvalue weighted by Crippen LogP contribution is 2.36. The summed E-state index contributed by atoms with van der Waals surface area (Å²) in [6.45, 7) is 4.38. The normalized spacial score (nSPS) is 32.5. The topological polar surface area (TPSA) is 38.0 Å². The van der Waals surface area contributed by atoms with Crippen molar-refractivity contribution in [2.75, 3.05) is 0 Å². The molecule has 0 aliphatic heterocycles. The van der Waals surface area contributed by atoms with Gasteiger partial charge in [-0.15, -0.1) is 0 Å². The monoisotopic (exact) mass is 252 g/mol. The van der Waals surface area contributed by atoms with Crippen molar-refractivity contribution in [2.24, 2.45) is 23.6 Å². The average Bonchev–Trinajstić information content (AvgIpc) is 2.22. The molecule has 1 aliphatic rings. The van der Waals surface area contributed by atoms with Gasteiger partial charge in [-0.3, -0.25) is 11.3 Å². The van der Waals surface area contributed by atoms with Crippen LogP contribution in [0.5, 0.6) is 0 Å². The van der Waals surface area contributed by atoms with E-state index in [0.717, 1.165) is 19.3 Å². The highest BCUT2D eigenvalue weighted by molar-refractivity contribution is 4.83. The van der Waals surface area contributed by atoms with Crippen LogP contribution in [0.3, 0.4) is 0 Å². The minimum Gasteiger partial charge on any atom is -0.271 e. The lowest BCUT2D eigenvalue weighted by atomic mass is 9.72. The Labute approximate surface area is 101 Å². The maximum Gasteiger partial charge on any atom is 0.389 e. The Balaban J connectivity index is 2.45. The Kier molecular flexibility index (Phi) is 5.25. The van der Waals surface area contributed by atoms with Crippen LogP contribution in [0.1, 0.15) is 46.0 Å². The number of nitrogens with two attached hydrogens (primary N) is 1. The maximum atomic E-state index is 12.2. The zero-order chi connectivity index (χ0) is 13.1. The molecular formula is C12H23F3N2. The molecule has 0 aromatic carbocycles. The Morgan fingerprint density at radius 2 is 1.88 bits per heavy atom. The molecule has 0 heterocycles. The number of halogens is 3. The third-order valence-corrected chi connectivity index (χ3v) is 4.16. The number of hydrogen-bond donors (Lipinski definition) is 2. The molecule has 1 fully saturated rings. The van der Waals surface area contributed by atoms with Crippen molar-refractivity contribution in [1.82, 2.24) is 5.43 Å². The van der Waals surface area contributed by atoms with Crippen LogP contribution in [-0.4, -0.2) is 12.2 Å². The fourth-order valence-corrected chi connectivity index (χ4v) is 2.73. The molecule has 0 saturated heterocycles. The smallest absolute Gasteiger partial charge is 0.271 e. The van der Waals surface area contributed by atoms with Crippen LogP contribution in [0.4, 0.5) is 13.2 Å². The highest BCUT2D eigenvalue weighted by atomic mass is 19.4. The first-order chi connectivity index (χ1) is 7.83. The van der Waals surface area contributed by atoms with E-state index in [2.05, 4.69) is 19.3 Å². The predicted molar refractivity (Wildman–Crippen MR) is 62.1 cm³/mol. The summed E-state index contributed by atoms with van der Waals surface area (Å²) < 4.78 is 36.6. The fourth-order valence-electron chi connectivity index (χ4n) is 2.73. The van der Waals surface area contributed by atoms with E-state index in [1.165, 1.54) is 0 Å². The van der Waals surface area contributed by atoms with Crippen molar-refractivity contribution >= 4 is 0 Å². The van der Waals surface area contributed by atoms with E-state index in [9.17, 15) is 13.2 Å². The molecule has 0 spiro atoms. The Morgan fingerprint density at radius 3 is 2.35 bits per heavy atom. The molecule has 1 aliphatic carbocycles. The Bertz CT molecular complexity index is 230. The lowest BCUT2D eigenvalue weighted by Gasteiger charge is -2.36. The van der Waals surface area contributed by atoms with Gasteiger partial charge in [0.2, 0.25) is 0 Å². The first-order valence-corrected chi connectivity index (χ1v) is 6.36. The van der Waals surface area contributed by atoms with E-state index in [4.69, 9.17) is 5.84 Å². The standard InChI is InChI=1S/C12H23F3N2/c1-8-3-4-10(7-9(8)2)11(17-16)5-6-12(13,14)15/h8-11,17H,3-7,16H2,1-2H3. The van der Waals surface area contributed by atoms with Crippen LogP contribution in [-0.2, 0) is 0 Å². The van der Waals surface area contributed by atoms with Crippen LogP contribution in [0.25, 0.3) is 0 Å². The lowest BCUT2D eigenvalue weighted by molar-refractivity contribution is -0.137. The Morgan fingerprint density at radius 1 is 1.24 bits per heavy atom. The molecular weight excluding hydrogens is 229 g/mol. The zero-order valence-electron chi connectivity index (χ0n) is 10.6. The van der Waals surface area contributed by atoms with Gasteiger partial charge in [-0.05, 0) is 37.0 Å². The predicted octanol–water partition coefficient (Wildman–Crippen LogP) is 3.23. The van der Waals surface area contributed by atoms with E-state index in [0.29, 0.717) is 11.8 Å². The van der Waals surface area contributed by atoms with Gasteiger partial charge in [0.05, 0.1) is 0 Å². The number of nitrogens with one attached hydrogen (secondary N) is 1. The van der Waals surface area contributed by atoms with E-state index in [1.54, 1.807) is 0 Å². The summed E-state index contributed by atoms with van der Waals surface area (Å²) in [4.78, 5) is 0. The Hall–Kier alpha value is -0.290. The van der Waals surface area contributed by atoms with Gasteiger partial charge in [0.25, 0.3) is 0 Å². The second-order valence-electron chi connectivity index (χ2n) is 5.45. The first-order valence-electron chi connectivity index (χ1n) is 6.36. The summed E-state index contributed by atoms with van der Waals surface area (Å²) in [6.07, 6.45) is -1.68. The number of alkyl halides is 3. The molecule has 4 unspecified atom stereocenters. The van der Waals surface area contributed by atoms with Crippen LogP contribution in [0, 0.1) is 17.8 Å². The maximum absolute atomic E-state index is 12.2. The second-order valence-corrected chi connectivity index (χ2v) is 5.45. The SMILES string of the molecule is CC1CCC(C(CCC(F)(F)F)NN)CC1C. The summed E-state index contributed by atoms with van der Waals surface area (Å²) in [6, 6.07) is -0.202. The molecule has 102 valence electrons. The van der Waals surface area contributed by atoms with Gasteiger partial charge >= 0.3 is 6.18 Å². The van der Waals surface area contributed by atoms with Crippen LogP contribution < -0.4 is 11.3 Å². The number of rotatable bonds is 4. The molecule has 3 N–H and O–H groups in total. The minimum atomic E-state index is -4.08. The average molecular weight is 252 g/mol. The molecule has 1 saturated carbocycles. The van der Waals surface area contributed by atoms with Gasteiger partial charge < -0.3 is 0 Å². The van der Waals surface area contributed by atoms with Crippen molar-refractivity contribution in [2.45, 2.75) is 58.2 Å². The van der Waals surface area contributed by atoms with Crippen LogP contribution in [0.15, 0.2) is 0 Å². The van der Waals surface area contributed by atoms with Crippen molar-refractivity contribution < 1.29 is 13.2 Å². The molecule has 1 rings (SSSR count). The quantitative estimate of drug-likeness (QED) is 0.595. The zero-order valence-corrected chi connectivity index (χ0v) is 10.6. The molecule has 0 bridgehead atoms.